The van der Waals surface area contributed by atoms with Gasteiger partial charge in [-0.3, -0.25) is 0 Å². The first-order valence-corrected chi connectivity index (χ1v) is 7.75. The van der Waals surface area contributed by atoms with Gasteiger partial charge >= 0.3 is 0 Å². The number of aryl methyl sites for hydroxylation is 1. The van der Waals surface area contributed by atoms with Crippen LogP contribution in [0.5, 0.6) is 0 Å². The van der Waals surface area contributed by atoms with Crippen molar-refractivity contribution in [2.75, 3.05) is 11.9 Å². The molecule has 0 amide bonds. The van der Waals surface area contributed by atoms with Crippen LogP contribution in [-0.2, 0) is 17.8 Å². The molecular weight excluding hydrogens is 258 g/mol. The zero-order valence-electron chi connectivity index (χ0n) is 13.0. The fourth-order valence-corrected chi connectivity index (χ4v) is 2.36. The summed E-state index contributed by atoms with van der Waals surface area (Å²) in [5.41, 5.74) is 3.81. The van der Waals surface area contributed by atoms with Gasteiger partial charge in [0.05, 0.1) is 6.61 Å². The first kappa shape index (κ1) is 15.6. The summed E-state index contributed by atoms with van der Waals surface area (Å²) in [6, 6.07) is 19.5. The molecule has 2 nitrogen and oxygen atoms in total. The van der Waals surface area contributed by atoms with Gasteiger partial charge in [-0.2, -0.15) is 0 Å². The normalized spacial score (nSPS) is 12.1. The SMILES string of the molecule is CCOCc1ccccc1NC(C)CCc1ccccc1. The average Bonchev–Trinajstić information content (AvgIpc) is 2.53. The summed E-state index contributed by atoms with van der Waals surface area (Å²) < 4.78 is 5.53. The van der Waals surface area contributed by atoms with Crippen LogP contribution < -0.4 is 5.32 Å². The van der Waals surface area contributed by atoms with Crippen molar-refractivity contribution >= 4 is 5.69 Å². The standard InChI is InChI=1S/C19H25NO/c1-3-21-15-18-11-7-8-12-19(18)20-16(2)13-14-17-9-5-4-6-10-17/h4-12,16,20H,3,13-15H2,1-2H3. The minimum absolute atomic E-state index is 0.438. The van der Waals surface area contributed by atoms with Crippen LogP contribution in [0.25, 0.3) is 0 Å². The van der Waals surface area contributed by atoms with Crippen LogP contribution in [0.3, 0.4) is 0 Å². The molecule has 0 aliphatic heterocycles. The maximum absolute atomic E-state index is 5.53. The second-order valence-corrected chi connectivity index (χ2v) is 5.36. The van der Waals surface area contributed by atoms with Crippen molar-refractivity contribution in [1.29, 1.82) is 0 Å². The van der Waals surface area contributed by atoms with E-state index in [-0.39, 0.29) is 0 Å². The van der Waals surface area contributed by atoms with Gasteiger partial charge in [-0.25, -0.2) is 0 Å². The molecule has 21 heavy (non-hydrogen) atoms. The van der Waals surface area contributed by atoms with Gasteiger partial charge in [0.15, 0.2) is 0 Å². The van der Waals surface area contributed by atoms with Crippen molar-refractivity contribution in [2.45, 2.75) is 39.3 Å². The first-order valence-electron chi connectivity index (χ1n) is 7.75. The van der Waals surface area contributed by atoms with E-state index in [1.54, 1.807) is 0 Å². The quantitative estimate of drug-likeness (QED) is 0.761. The van der Waals surface area contributed by atoms with Crippen molar-refractivity contribution in [1.82, 2.24) is 0 Å². The Morgan fingerprint density at radius 2 is 1.71 bits per heavy atom. The number of ether oxygens (including phenoxy) is 1. The maximum Gasteiger partial charge on any atom is 0.0736 e. The van der Waals surface area contributed by atoms with Crippen molar-refractivity contribution in [2.24, 2.45) is 0 Å². The molecule has 0 bridgehead atoms. The molecule has 0 saturated heterocycles. The summed E-state index contributed by atoms with van der Waals surface area (Å²) in [5.74, 6) is 0. The Balaban J connectivity index is 1.88. The summed E-state index contributed by atoms with van der Waals surface area (Å²) in [4.78, 5) is 0. The zero-order chi connectivity index (χ0) is 14.9. The number of rotatable bonds is 8. The smallest absolute Gasteiger partial charge is 0.0736 e. The summed E-state index contributed by atoms with van der Waals surface area (Å²) >= 11 is 0. The molecule has 0 fully saturated rings. The fraction of sp³-hybridized carbons (Fsp3) is 0.368. The molecule has 1 atom stereocenters. The van der Waals surface area contributed by atoms with Crippen molar-refractivity contribution in [3.8, 4) is 0 Å². The third-order valence-corrected chi connectivity index (χ3v) is 3.59. The summed E-state index contributed by atoms with van der Waals surface area (Å²) in [6.45, 7) is 5.68. The summed E-state index contributed by atoms with van der Waals surface area (Å²) in [6.07, 6.45) is 2.22. The molecule has 2 aromatic carbocycles. The summed E-state index contributed by atoms with van der Waals surface area (Å²) in [7, 11) is 0. The first-order chi connectivity index (χ1) is 10.3. The van der Waals surface area contributed by atoms with E-state index in [9.17, 15) is 0 Å². The highest BCUT2D eigenvalue weighted by Gasteiger charge is 2.06. The van der Waals surface area contributed by atoms with Crippen molar-refractivity contribution in [3.05, 3.63) is 65.7 Å². The molecule has 0 heterocycles. The molecule has 1 N–H and O–H groups in total. The Hall–Kier alpha value is -1.80. The molecule has 0 aromatic heterocycles. The van der Waals surface area contributed by atoms with Crippen LogP contribution in [0.1, 0.15) is 31.4 Å². The van der Waals surface area contributed by atoms with Gasteiger partial charge in [0.2, 0.25) is 0 Å². The van der Waals surface area contributed by atoms with E-state index < -0.39 is 0 Å². The van der Waals surface area contributed by atoms with Crippen LogP contribution in [0.2, 0.25) is 0 Å². The predicted molar refractivity (Wildman–Crippen MR) is 89.6 cm³/mol. The number of nitrogens with one attached hydrogen (secondary N) is 1. The molecule has 2 heteroatoms. The lowest BCUT2D eigenvalue weighted by molar-refractivity contribution is 0.134. The Morgan fingerprint density at radius 3 is 2.48 bits per heavy atom. The van der Waals surface area contributed by atoms with Crippen LogP contribution in [0, 0.1) is 0 Å². The van der Waals surface area contributed by atoms with E-state index in [1.807, 2.05) is 6.92 Å². The van der Waals surface area contributed by atoms with E-state index >= 15 is 0 Å². The second-order valence-electron chi connectivity index (χ2n) is 5.36. The molecule has 0 saturated carbocycles. The van der Waals surface area contributed by atoms with Crippen LogP contribution in [-0.4, -0.2) is 12.6 Å². The number of para-hydroxylation sites is 1. The zero-order valence-corrected chi connectivity index (χ0v) is 13.0. The van der Waals surface area contributed by atoms with Gasteiger partial charge in [-0.1, -0.05) is 48.5 Å². The van der Waals surface area contributed by atoms with E-state index in [0.717, 1.165) is 19.4 Å². The Bertz CT molecular complexity index is 524. The van der Waals surface area contributed by atoms with Gasteiger partial charge in [0.25, 0.3) is 0 Å². The van der Waals surface area contributed by atoms with Gasteiger partial charge in [-0.15, -0.1) is 0 Å². The molecule has 112 valence electrons. The predicted octanol–water partition coefficient (Wildman–Crippen LogP) is 4.66. The number of benzene rings is 2. The lowest BCUT2D eigenvalue weighted by Gasteiger charge is -2.18. The summed E-state index contributed by atoms with van der Waals surface area (Å²) in [5, 5.41) is 3.61. The highest BCUT2D eigenvalue weighted by atomic mass is 16.5. The van der Waals surface area contributed by atoms with Crippen LogP contribution in [0.15, 0.2) is 54.6 Å². The lowest BCUT2D eigenvalue weighted by Crippen LogP contribution is -2.17. The van der Waals surface area contributed by atoms with Gasteiger partial charge in [0.1, 0.15) is 0 Å². The molecule has 0 aliphatic carbocycles. The van der Waals surface area contributed by atoms with E-state index in [0.29, 0.717) is 12.6 Å². The molecule has 0 aliphatic rings. The van der Waals surface area contributed by atoms with Gasteiger partial charge in [-0.05, 0) is 38.3 Å². The average molecular weight is 283 g/mol. The van der Waals surface area contributed by atoms with Crippen LogP contribution in [0.4, 0.5) is 5.69 Å². The number of anilines is 1. The monoisotopic (exact) mass is 283 g/mol. The number of hydrogen-bond donors (Lipinski definition) is 1. The van der Waals surface area contributed by atoms with Gasteiger partial charge in [0, 0.05) is 23.9 Å². The Morgan fingerprint density at radius 1 is 1.00 bits per heavy atom. The molecular formula is C19H25NO. The fourth-order valence-electron chi connectivity index (χ4n) is 2.36. The minimum Gasteiger partial charge on any atom is -0.382 e. The highest BCUT2D eigenvalue weighted by Crippen LogP contribution is 2.18. The largest absolute Gasteiger partial charge is 0.382 e. The Labute approximate surface area is 128 Å². The molecule has 0 radical (unpaired) electrons. The van der Waals surface area contributed by atoms with Crippen LogP contribution >= 0.6 is 0 Å². The second kappa shape index (κ2) is 8.48. The minimum atomic E-state index is 0.438. The van der Waals surface area contributed by atoms with Crippen molar-refractivity contribution in [3.63, 3.8) is 0 Å². The van der Waals surface area contributed by atoms with Crippen molar-refractivity contribution < 1.29 is 4.74 Å². The Kier molecular flexibility index (Phi) is 6.29. The third-order valence-electron chi connectivity index (χ3n) is 3.59. The maximum atomic E-state index is 5.53. The highest BCUT2D eigenvalue weighted by molar-refractivity contribution is 5.51. The van der Waals surface area contributed by atoms with E-state index in [4.69, 9.17) is 4.74 Å². The lowest BCUT2D eigenvalue weighted by atomic mass is 10.1. The topological polar surface area (TPSA) is 21.3 Å². The molecule has 2 rings (SSSR count). The van der Waals surface area contributed by atoms with E-state index in [2.05, 4.69) is 66.8 Å². The van der Waals surface area contributed by atoms with E-state index in [1.165, 1.54) is 16.8 Å². The number of hydrogen-bond acceptors (Lipinski definition) is 2. The molecule has 0 spiro atoms. The third kappa shape index (κ3) is 5.24. The van der Waals surface area contributed by atoms with Gasteiger partial charge < -0.3 is 10.1 Å². The molecule has 2 aromatic rings. The molecule has 1 unspecified atom stereocenters.